The SMILES string of the molecule is COc1ccc(OCc2cc3c(C)cccc3[nH]2)cc1. The number of fused-ring (bicyclic) bond motifs is 1. The van der Waals surface area contributed by atoms with Gasteiger partial charge in [-0.15, -0.1) is 0 Å². The standard InChI is InChI=1S/C17H17NO2/c1-12-4-3-5-17-16(12)10-13(18-17)11-20-15-8-6-14(19-2)7-9-15/h3-10,18H,11H2,1-2H3. The first-order chi connectivity index (χ1) is 9.76. The number of rotatable bonds is 4. The molecule has 0 atom stereocenters. The maximum absolute atomic E-state index is 5.77. The molecule has 0 saturated heterocycles. The van der Waals surface area contributed by atoms with Gasteiger partial charge in [0.2, 0.25) is 0 Å². The molecule has 3 nitrogen and oxygen atoms in total. The second-order valence-corrected chi connectivity index (χ2v) is 4.79. The number of hydrogen-bond donors (Lipinski definition) is 1. The number of nitrogens with one attached hydrogen (secondary N) is 1. The highest BCUT2D eigenvalue weighted by Crippen LogP contribution is 2.21. The smallest absolute Gasteiger partial charge is 0.128 e. The van der Waals surface area contributed by atoms with Gasteiger partial charge in [0.25, 0.3) is 0 Å². The van der Waals surface area contributed by atoms with Gasteiger partial charge in [-0.3, -0.25) is 0 Å². The summed E-state index contributed by atoms with van der Waals surface area (Å²) in [5, 5.41) is 1.25. The quantitative estimate of drug-likeness (QED) is 0.773. The molecule has 0 aliphatic carbocycles. The Bertz CT molecular complexity index is 713. The largest absolute Gasteiger partial charge is 0.497 e. The highest BCUT2D eigenvalue weighted by atomic mass is 16.5. The number of benzene rings is 2. The third kappa shape index (κ3) is 2.48. The first kappa shape index (κ1) is 12.6. The van der Waals surface area contributed by atoms with Crippen LogP contribution in [0.25, 0.3) is 10.9 Å². The Labute approximate surface area is 118 Å². The fraction of sp³-hybridized carbons (Fsp3) is 0.176. The number of aryl methyl sites for hydroxylation is 1. The Balaban J connectivity index is 1.74. The Morgan fingerprint density at radius 1 is 1.00 bits per heavy atom. The van der Waals surface area contributed by atoms with Crippen molar-refractivity contribution < 1.29 is 9.47 Å². The molecule has 1 N–H and O–H groups in total. The fourth-order valence-corrected chi connectivity index (χ4v) is 2.28. The van der Waals surface area contributed by atoms with Gasteiger partial charge in [-0.05, 0) is 48.9 Å². The Morgan fingerprint density at radius 2 is 1.75 bits per heavy atom. The van der Waals surface area contributed by atoms with Crippen LogP contribution in [0.3, 0.4) is 0 Å². The van der Waals surface area contributed by atoms with Gasteiger partial charge in [-0.2, -0.15) is 0 Å². The van der Waals surface area contributed by atoms with E-state index >= 15 is 0 Å². The van der Waals surface area contributed by atoms with E-state index in [0.717, 1.165) is 22.7 Å². The van der Waals surface area contributed by atoms with Gasteiger partial charge in [0, 0.05) is 10.9 Å². The molecule has 0 spiro atoms. The van der Waals surface area contributed by atoms with Crippen molar-refractivity contribution in [2.75, 3.05) is 7.11 Å². The third-order valence-corrected chi connectivity index (χ3v) is 3.39. The Hall–Kier alpha value is -2.42. The number of H-pyrrole nitrogens is 1. The maximum Gasteiger partial charge on any atom is 0.128 e. The monoisotopic (exact) mass is 267 g/mol. The van der Waals surface area contributed by atoms with Gasteiger partial charge >= 0.3 is 0 Å². The number of aromatic amines is 1. The van der Waals surface area contributed by atoms with Gasteiger partial charge < -0.3 is 14.5 Å². The van der Waals surface area contributed by atoms with Crippen LogP contribution in [0.5, 0.6) is 11.5 Å². The van der Waals surface area contributed by atoms with Crippen LogP contribution in [-0.4, -0.2) is 12.1 Å². The average Bonchev–Trinajstić information content (AvgIpc) is 2.90. The van der Waals surface area contributed by atoms with Crippen molar-refractivity contribution in [3.8, 4) is 11.5 Å². The van der Waals surface area contributed by atoms with Gasteiger partial charge in [0.15, 0.2) is 0 Å². The lowest BCUT2D eigenvalue weighted by molar-refractivity contribution is 0.301. The maximum atomic E-state index is 5.77. The second kappa shape index (κ2) is 5.29. The fourth-order valence-electron chi connectivity index (χ4n) is 2.28. The zero-order chi connectivity index (χ0) is 13.9. The summed E-state index contributed by atoms with van der Waals surface area (Å²) in [4.78, 5) is 3.38. The summed E-state index contributed by atoms with van der Waals surface area (Å²) in [7, 11) is 1.66. The lowest BCUT2D eigenvalue weighted by atomic mass is 10.1. The highest BCUT2D eigenvalue weighted by molar-refractivity contribution is 5.83. The van der Waals surface area contributed by atoms with Crippen molar-refractivity contribution in [3.05, 3.63) is 59.8 Å². The van der Waals surface area contributed by atoms with E-state index in [0.29, 0.717) is 6.61 Å². The van der Waals surface area contributed by atoms with E-state index in [1.165, 1.54) is 10.9 Å². The predicted octanol–water partition coefficient (Wildman–Crippen LogP) is 4.06. The summed E-state index contributed by atoms with van der Waals surface area (Å²) >= 11 is 0. The third-order valence-electron chi connectivity index (χ3n) is 3.39. The summed E-state index contributed by atoms with van der Waals surface area (Å²) in [5.41, 5.74) is 3.50. The Morgan fingerprint density at radius 3 is 2.45 bits per heavy atom. The van der Waals surface area contributed by atoms with Crippen LogP contribution in [0.15, 0.2) is 48.5 Å². The molecule has 0 bridgehead atoms. The molecule has 0 aliphatic heterocycles. The molecule has 0 aliphatic rings. The minimum atomic E-state index is 0.528. The minimum absolute atomic E-state index is 0.528. The average molecular weight is 267 g/mol. The van der Waals surface area contributed by atoms with E-state index in [1.807, 2.05) is 24.3 Å². The summed E-state index contributed by atoms with van der Waals surface area (Å²) in [5.74, 6) is 1.67. The van der Waals surface area contributed by atoms with Gasteiger partial charge in [-0.25, -0.2) is 0 Å². The minimum Gasteiger partial charge on any atom is -0.497 e. The molecule has 2 aromatic carbocycles. The van der Waals surface area contributed by atoms with Gasteiger partial charge in [0.1, 0.15) is 18.1 Å². The van der Waals surface area contributed by atoms with Crippen LogP contribution in [0, 0.1) is 6.92 Å². The van der Waals surface area contributed by atoms with Crippen molar-refractivity contribution in [2.24, 2.45) is 0 Å². The normalized spacial score (nSPS) is 10.7. The second-order valence-electron chi connectivity index (χ2n) is 4.79. The molecule has 102 valence electrons. The molecule has 3 heteroatoms. The Kier molecular flexibility index (Phi) is 3.33. The van der Waals surface area contributed by atoms with Crippen LogP contribution in [0.4, 0.5) is 0 Å². The van der Waals surface area contributed by atoms with Crippen LogP contribution in [0.2, 0.25) is 0 Å². The molecule has 1 aromatic heterocycles. The predicted molar refractivity (Wildman–Crippen MR) is 80.4 cm³/mol. The van der Waals surface area contributed by atoms with Gasteiger partial charge in [0.05, 0.1) is 12.8 Å². The zero-order valence-electron chi connectivity index (χ0n) is 11.6. The molecule has 3 rings (SSSR count). The molecule has 1 heterocycles. The lowest BCUT2D eigenvalue weighted by Gasteiger charge is -2.05. The topological polar surface area (TPSA) is 34.2 Å². The van der Waals surface area contributed by atoms with E-state index in [4.69, 9.17) is 9.47 Å². The summed E-state index contributed by atoms with van der Waals surface area (Å²) < 4.78 is 10.9. The molecule has 0 amide bonds. The molecule has 0 saturated carbocycles. The molecule has 0 unspecified atom stereocenters. The molecular formula is C17H17NO2. The zero-order valence-corrected chi connectivity index (χ0v) is 11.6. The van der Waals surface area contributed by atoms with E-state index in [1.54, 1.807) is 7.11 Å². The van der Waals surface area contributed by atoms with E-state index in [-0.39, 0.29) is 0 Å². The van der Waals surface area contributed by atoms with Crippen LogP contribution in [-0.2, 0) is 6.61 Å². The number of hydrogen-bond acceptors (Lipinski definition) is 2. The molecule has 20 heavy (non-hydrogen) atoms. The van der Waals surface area contributed by atoms with Crippen molar-refractivity contribution in [1.82, 2.24) is 4.98 Å². The van der Waals surface area contributed by atoms with E-state index in [2.05, 4.69) is 36.2 Å². The number of methoxy groups -OCH3 is 1. The molecule has 0 fully saturated rings. The van der Waals surface area contributed by atoms with Crippen LogP contribution < -0.4 is 9.47 Å². The van der Waals surface area contributed by atoms with E-state index < -0.39 is 0 Å². The van der Waals surface area contributed by atoms with Crippen molar-refractivity contribution in [1.29, 1.82) is 0 Å². The van der Waals surface area contributed by atoms with Crippen LogP contribution >= 0.6 is 0 Å². The first-order valence-corrected chi connectivity index (χ1v) is 6.60. The van der Waals surface area contributed by atoms with Crippen molar-refractivity contribution >= 4 is 10.9 Å². The summed E-state index contributed by atoms with van der Waals surface area (Å²) in [6.07, 6.45) is 0. The first-order valence-electron chi connectivity index (χ1n) is 6.60. The molecular weight excluding hydrogens is 250 g/mol. The lowest BCUT2D eigenvalue weighted by Crippen LogP contribution is -1.95. The van der Waals surface area contributed by atoms with Crippen molar-refractivity contribution in [2.45, 2.75) is 13.5 Å². The van der Waals surface area contributed by atoms with Crippen LogP contribution in [0.1, 0.15) is 11.3 Å². The van der Waals surface area contributed by atoms with E-state index in [9.17, 15) is 0 Å². The molecule has 3 aromatic rings. The highest BCUT2D eigenvalue weighted by Gasteiger charge is 2.03. The van der Waals surface area contributed by atoms with Crippen molar-refractivity contribution in [3.63, 3.8) is 0 Å². The van der Waals surface area contributed by atoms with Gasteiger partial charge in [-0.1, -0.05) is 12.1 Å². The summed E-state index contributed by atoms with van der Waals surface area (Å²) in [6, 6.07) is 16.0. The summed E-state index contributed by atoms with van der Waals surface area (Å²) in [6.45, 7) is 2.64. The number of ether oxygens (including phenoxy) is 2. The number of aromatic nitrogens is 1. The molecule has 0 radical (unpaired) electrons.